The summed E-state index contributed by atoms with van der Waals surface area (Å²) >= 11 is 5.44. The zero-order chi connectivity index (χ0) is 9.84. The maximum atomic E-state index is 11.1. The molecule has 1 aliphatic rings. The van der Waals surface area contributed by atoms with Crippen LogP contribution < -0.4 is 5.32 Å². The molecule has 0 aromatic heterocycles. The summed E-state index contributed by atoms with van der Waals surface area (Å²) in [5.74, 6) is 1.35. The van der Waals surface area contributed by atoms with E-state index in [1.807, 2.05) is 0 Å². The zero-order valence-electron chi connectivity index (χ0n) is 8.35. The number of halogens is 1. The molecule has 0 aromatic rings. The van der Waals surface area contributed by atoms with Crippen LogP contribution in [-0.4, -0.2) is 17.8 Å². The predicted octanol–water partition coefficient (Wildman–Crippen LogP) is 2.17. The SMILES string of the molecule is C[C@H]1[C@@H](C)CCC[C@H]1NC(=O)CCl. The van der Waals surface area contributed by atoms with Gasteiger partial charge in [0.1, 0.15) is 5.88 Å². The lowest BCUT2D eigenvalue weighted by molar-refractivity contribution is -0.120. The van der Waals surface area contributed by atoms with Gasteiger partial charge in [0.25, 0.3) is 0 Å². The highest BCUT2D eigenvalue weighted by Crippen LogP contribution is 2.29. The largest absolute Gasteiger partial charge is 0.352 e. The van der Waals surface area contributed by atoms with Crippen LogP contribution in [-0.2, 0) is 4.79 Å². The van der Waals surface area contributed by atoms with Gasteiger partial charge in [0, 0.05) is 6.04 Å². The summed E-state index contributed by atoms with van der Waals surface area (Å²) in [5.41, 5.74) is 0. The Bertz CT molecular complexity index is 184. The Morgan fingerprint density at radius 1 is 1.46 bits per heavy atom. The van der Waals surface area contributed by atoms with Crippen molar-refractivity contribution in [3.05, 3.63) is 0 Å². The quantitative estimate of drug-likeness (QED) is 0.685. The molecule has 13 heavy (non-hydrogen) atoms. The monoisotopic (exact) mass is 203 g/mol. The Hall–Kier alpha value is -0.240. The summed E-state index contributed by atoms with van der Waals surface area (Å²) < 4.78 is 0. The molecule has 1 N–H and O–H groups in total. The average molecular weight is 204 g/mol. The summed E-state index contributed by atoms with van der Waals surface area (Å²) in [6.45, 7) is 4.46. The second-order valence-corrected chi connectivity index (χ2v) is 4.34. The van der Waals surface area contributed by atoms with Crippen LogP contribution in [0.5, 0.6) is 0 Å². The molecule has 0 aliphatic heterocycles. The minimum absolute atomic E-state index is 0.0346. The first-order valence-corrected chi connectivity index (χ1v) is 5.54. The molecule has 76 valence electrons. The highest BCUT2D eigenvalue weighted by Gasteiger charge is 2.27. The van der Waals surface area contributed by atoms with Gasteiger partial charge >= 0.3 is 0 Å². The van der Waals surface area contributed by atoms with Crippen LogP contribution in [0.25, 0.3) is 0 Å². The number of hydrogen-bond donors (Lipinski definition) is 1. The molecule has 0 saturated heterocycles. The molecule has 0 bridgehead atoms. The van der Waals surface area contributed by atoms with E-state index in [1.165, 1.54) is 12.8 Å². The van der Waals surface area contributed by atoms with Gasteiger partial charge in [-0.1, -0.05) is 26.7 Å². The topological polar surface area (TPSA) is 29.1 Å². The third kappa shape index (κ3) is 2.87. The summed E-state index contributed by atoms with van der Waals surface area (Å²) in [6, 6.07) is 0.343. The lowest BCUT2D eigenvalue weighted by atomic mass is 9.78. The number of hydrogen-bond acceptors (Lipinski definition) is 1. The second kappa shape index (κ2) is 4.85. The van der Waals surface area contributed by atoms with Gasteiger partial charge < -0.3 is 5.32 Å². The fraction of sp³-hybridized carbons (Fsp3) is 0.900. The van der Waals surface area contributed by atoms with E-state index in [2.05, 4.69) is 19.2 Å². The molecular weight excluding hydrogens is 186 g/mol. The fourth-order valence-corrected chi connectivity index (χ4v) is 2.11. The first-order chi connectivity index (χ1) is 6.15. The molecular formula is C10H18ClNO. The average Bonchev–Trinajstić information content (AvgIpc) is 2.13. The Balaban J connectivity index is 2.43. The number of rotatable bonds is 2. The van der Waals surface area contributed by atoms with Crippen molar-refractivity contribution in [2.45, 2.75) is 39.2 Å². The van der Waals surface area contributed by atoms with E-state index in [-0.39, 0.29) is 11.8 Å². The summed E-state index contributed by atoms with van der Waals surface area (Å²) in [4.78, 5) is 11.1. The van der Waals surface area contributed by atoms with Crippen molar-refractivity contribution >= 4 is 17.5 Å². The molecule has 1 aliphatic carbocycles. The summed E-state index contributed by atoms with van der Waals surface area (Å²) in [5, 5.41) is 2.98. The Morgan fingerprint density at radius 3 is 2.77 bits per heavy atom. The van der Waals surface area contributed by atoms with Crippen LogP contribution in [0, 0.1) is 11.8 Å². The minimum atomic E-state index is -0.0346. The number of nitrogens with one attached hydrogen (secondary N) is 1. The van der Waals surface area contributed by atoms with Gasteiger partial charge in [0.05, 0.1) is 0 Å². The minimum Gasteiger partial charge on any atom is -0.352 e. The Morgan fingerprint density at radius 2 is 2.15 bits per heavy atom. The highest BCUT2D eigenvalue weighted by molar-refractivity contribution is 6.27. The summed E-state index contributed by atoms with van der Waals surface area (Å²) in [7, 11) is 0. The second-order valence-electron chi connectivity index (χ2n) is 4.07. The Labute approximate surface area is 85.0 Å². The maximum absolute atomic E-state index is 11.1. The third-order valence-electron chi connectivity index (χ3n) is 3.17. The van der Waals surface area contributed by atoms with Crippen molar-refractivity contribution < 1.29 is 4.79 Å². The van der Waals surface area contributed by atoms with E-state index in [4.69, 9.17) is 11.6 Å². The lowest BCUT2D eigenvalue weighted by Crippen LogP contribution is -2.44. The highest BCUT2D eigenvalue weighted by atomic mass is 35.5. The van der Waals surface area contributed by atoms with Crippen molar-refractivity contribution in [1.29, 1.82) is 0 Å². The van der Waals surface area contributed by atoms with Crippen LogP contribution in [0.15, 0.2) is 0 Å². The molecule has 0 heterocycles. The number of alkyl halides is 1. The van der Waals surface area contributed by atoms with Crippen molar-refractivity contribution in [3.63, 3.8) is 0 Å². The third-order valence-corrected chi connectivity index (χ3v) is 3.42. The van der Waals surface area contributed by atoms with Gasteiger partial charge in [-0.15, -0.1) is 11.6 Å². The fourth-order valence-electron chi connectivity index (χ4n) is 2.03. The van der Waals surface area contributed by atoms with Crippen LogP contribution in [0.1, 0.15) is 33.1 Å². The lowest BCUT2D eigenvalue weighted by Gasteiger charge is -2.34. The molecule has 0 aromatic carbocycles. The van der Waals surface area contributed by atoms with Crippen LogP contribution >= 0.6 is 11.6 Å². The standard InChI is InChI=1S/C10H18ClNO/c1-7-4-3-5-9(8(7)2)12-10(13)6-11/h7-9H,3-6H2,1-2H3,(H,12,13)/t7-,8-,9+/m0/s1. The van der Waals surface area contributed by atoms with Gasteiger partial charge in [-0.25, -0.2) is 0 Å². The molecule has 1 rings (SSSR count). The first kappa shape index (κ1) is 10.8. The molecule has 0 spiro atoms. The van der Waals surface area contributed by atoms with Gasteiger partial charge in [0.15, 0.2) is 0 Å². The van der Waals surface area contributed by atoms with Crippen LogP contribution in [0.2, 0.25) is 0 Å². The molecule has 3 atom stereocenters. The van der Waals surface area contributed by atoms with Crippen molar-refractivity contribution in [2.24, 2.45) is 11.8 Å². The van der Waals surface area contributed by atoms with Gasteiger partial charge in [-0.2, -0.15) is 0 Å². The normalized spacial score (nSPS) is 34.2. The van der Waals surface area contributed by atoms with Crippen molar-refractivity contribution in [2.75, 3.05) is 5.88 Å². The van der Waals surface area contributed by atoms with Gasteiger partial charge in [-0.3, -0.25) is 4.79 Å². The van der Waals surface area contributed by atoms with Crippen LogP contribution in [0.3, 0.4) is 0 Å². The van der Waals surface area contributed by atoms with E-state index in [9.17, 15) is 4.79 Å². The number of amides is 1. The Kier molecular flexibility index (Phi) is 4.04. The molecule has 0 unspecified atom stereocenters. The van der Waals surface area contributed by atoms with E-state index in [0.717, 1.165) is 12.3 Å². The molecule has 1 fully saturated rings. The number of carbonyl (C=O) groups is 1. The van der Waals surface area contributed by atoms with Gasteiger partial charge in [0.2, 0.25) is 5.91 Å². The smallest absolute Gasteiger partial charge is 0.235 e. The molecule has 2 nitrogen and oxygen atoms in total. The van der Waals surface area contributed by atoms with E-state index in [0.29, 0.717) is 12.0 Å². The molecule has 0 radical (unpaired) electrons. The molecule has 3 heteroatoms. The van der Waals surface area contributed by atoms with Gasteiger partial charge in [-0.05, 0) is 18.3 Å². The van der Waals surface area contributed by atoms with E-state index >= 15 is 0 Å². The van der Waals surface area contributed by atoms with E-state index < -0.39 is 0 Å². The van der Waals surface area contributed by atoms with Crippen LogP contribution in [0.4, 0.5) is 0 Å². The van der Waals surface area contributed by atoms with Crippen molar-refractivity contribution in [3.8, 4) is 0 Å². The molecule has 1 saturated carbocycles. The predicted molar refractivity (Wildman–Crippen MR) is 54.8 cm³/mol. The van der Waals surface area contributed by atoms with Crippen molar-refractivity contribution in [1.82, 2.24) is 5.32 Å². The number of carbonyl (C=O) groups excluding carboxylic acids is 1. The first-order valence-electron chi connectivity index (χ1n) is 5.00. The summed E-state index contributed by atoms with van der Waals surface area (Å²) in [6.07, 6.45) is 3.61. The molecule has 1 amide bonds. The van der Waals surface area contributed by atoms with E-state index in [1.54, 1.807) is 0 Å². The maximum Gasteiger partial charge on any atom is 0.235 e. The zero-order valence-corrected chi connectivity index (χ0v) is 9.10.